The zero-order valence-corrected chi connectivity index (χ0v) is 22.6. The summed E-state index contributed by atoms with van der Waals surface area (Å²) in [6, 6.07) is 8.70. The summed E-state index contributed by atoms with van der Waals surface area (Å²) in [5, 5.41) is 13.6. The minimum absolute atomic E-state index is 0.0692. The largest absolute Gasteiger partial charge is 0.349 e. The number of rotatable bonds is 10. The van der Waals surface area contributed by atoms with Crippen LogP contribution >= 0.6 is 15.9 Å². The second-order valence-electron chi connectivity index (χ2n) is 9.21. The van der Waals surface area contributed by atoms with Crippen molar-refractivity contribution in [2.24, 2.45) is 5.92 Å². The molecule has 38 heavy (non-hydrogen) atoms. The minimum atomic E-state index is -0.321. The summed E-state index contributed by atoms with van der Waals surface area (Å²) in [7, 11) is 1.59. The maximum absolute atomic E-state index is 12.8. The van der Waals surface area contributed by atoms with Crippen molar-refractivity contribution in [1.29, 1.82) is 0 Å². The molecule has 1 aliphatic carbocycles. The molecule has 3 aromatic rings. The molecule has 12 heteroatoms. The number of amides is 3. The van der Waals surface area contributed by atoms with Crippen LogP contribution in [0, 0.1) is 5.92 Å². The quantitative estimate of drug-likeness (QED) is 0.351. The standard InChI is InChI=1S/C26H28BrN7O4/c1-3-6-23(35)22-14-34(32-31-22)19-11-17(12-28-13-19)25(37)29-18-9-16(10-18)26(38)33(2)15-24(36)30-21-8-5-4-7-20(21)27/h4-5,7-8,11-14,16,18H,3,6,9-10,15H2,1-2H3,(H,29,37)(H,30,36). The Morgan fingerprint density at radius 1 is 1.16 bits per heavy atom. The number of nitrogens with zero attached hydrogens (tertiary/aromatic N) is 5. The van der Waals surface area contributed by atoms with Gasteiger partial charge in [-0.25, -0.2) is 4.68 Å². The first kappa shape index (κ1) is 27.1. The SMILES string of the molecule is CCCC(=O)c1cn(-c2cncc(C(=O)NC3CC(C(=O)N(C)CC(=O)Nc4ccccc4Br)C3)c2)nn1. The fourth-order valence-corrected chi connectivity index (χ4v) is 4.50. The van der Waals surface area contributed by atoms with Crippen molar-refractivity contribution >= 4 is 45.1 Å². The molecule has 11 nitrogen and oxygen atoms in total. The first-order chi connectivity index (χ1) is 18.2. The van der Waals surface area contributed by atoms with Crippen LogP contribution in [-0.2, 0) is 9.59 Å². The van der Waals surface area contributed by atoms with Gasteiger partial charge < -0.3 is 15.5 Å². The number of carbonyl (C=O) groups is 4. The van der Waals surface area contributed by atoms with Crippen LogP contribution in [0.1, 0.15) is 53.5 Å². The Morgan fingerprint density at radius 2 is 1.92 bits per heavy atom. The van der Waals surface area contributed by atoms with Crippen molar-refractivity contribution in [1.82, 2.24) is 30.2 Å². The molecule has 0 aliphatic heterocycles. The lowest BCUT2D eigenvalue weighted by molar-refractivity contribution is -0.139. The van der Waals surface area contributed by atoms with Crippen molar-refractivity contribution in [2.75, 3.05) is 18.9 Å². The molecule has 198 valence electrons. The first-order valence-corrected chi connectivity index (χ1v) is 13.1. The van der Waals surface area contributed by atoms with Gasteiger partial charge in [-0.3, -0.25) is 24.2 Å². The van der Waals surface area contributed by atoms with Gasteiger partial charge in [-0.05, 0) is 53.4 Å². The third kappa shape index (κ3) is 6.49. The van der Waals surface area contributed by atoms with Crippen LogP contribution in [0.25, 0.3) is 5.69 Å². The van der Waals surface area contributed by atoms with Gasteiger partial charge >= 0.3 is 0 Å². The van der Waals surface area contributed by atoms with Crippen LogP contribution in [-0.4, -0.2) is 68.0 Å². The predicted molar refractivity (Wildman–Crippen MR) is 143 cm³/mol. The Morgan fingerprint density at radius 3 is 2.66 bits per heavy atom. The molecule has 0 bridgehead atoms. The summed E-state index contributed by atoms with van der Waals surface area (Å²) in [6.45, 7) is 1.85. The van der Waals surface area contributed by atoms with Crippen LogP contribution in [0.3, 0.4) is 0 Å². The highest BCUT2D eigenvalue weighted by molar-refractivity contribution is 9.10. The van der Waals surface area contributed by atoms with E-state index in [0.717, 1.165) is 4.47 Å². The lowest BCUT2D eigenvalue weighted by Gasteiger charge is -2.36. The second kappa shape index (κ2) is 12.1. The molecule has 2 aromatic heterocycles. The van der Waals surface area contributed by atoms with E-state index < -0.39 is 0 Å². The summed E-state index contributed by atoms with van der Waals surface area (Å²) in [5.74, 6) is -1.11. The molecule has 0 saturated heterocycles. The number of anilines is 1. The summed E-state index contributed by atoms with van der Waals surface area (Å²) in [6.07, 6.45) is 6.57. The normalized spacial score (nSPS) is 16.3. The van der Waals surface area contributed by atoms with E-state index >= 15 is 0 Å². The Hall–Kier alpha value is -3.93. The number of pyridine rings is 1. The molecule has 2 heterocycles. The molecule has 0 atom stereocenters. The van der Waals surface area contributed by atoms with E-state index in [0.29, 0.717) is 42.6 Å². The molecular formula is C26H28BrN7O4. The van der Waals surface area contributed by atoms with E-state index in [9.17, 15) is 19.2 Å². The fraction of sp³-hybridized carbons (Fsp3) is 0.346. The van der Waals surface area contributed by atoms with Crippen molar-refractivity contribution in [3.05, 3.63) is 64.7 Å². The Labute approximate surface area is 228 Å². The maximum Gasteiger partial charge on any atom is 0.253 e. The number of halogens is 1. The smallest absolute Gasteiger partial charge is 0.253 e. The topological polar surface area (TPSA) is 139 Å². The Bertz CT molecular complexity index is 1350. The third-order valence-electron chi connectivity index (χ3n) is 6.23. The molecule has 1 aliphatic rings. The molecule has 1 aromatic carbocycles. The number of ketones is 1. The van der Waals surface area contributed by atoms with E-state index in [2.05, 4.69) is 41.9 Å². The van der Waals surface area contributed by atoms with E-state index in [1.807, 2.05) is 25.1 Å². The molecule has 0 radical (unpaired) electrons. The van der Waals surface area contributed by atoms with Crippen molar-refractivity contribution < 1.29 is 19.2 Å². The van der Waals surface area contributed by atoms with Crippen molar-refractivity contribution in [3.63, 3.8) is 0 Å². The summed E-state index contributed by atoms with van der Waals surface area (Å²) >= 11 is 3.38. The number of carbonyl (C=O) groups excluding carboxylic acids is 4. The summed E-state index contributed by atoms with van der Waals surface area (Å²) in [5.41, 5.74) is 1.74. The van der Waals surface area contributed by atoms with E-state index in [-0.39, 0.29) is 47.7 Å². The van der Waals surface area contributed by atoms with Gasteiger partial charge in [-0.1, -0.05) is 24.3 Å². The number of hydrogen-bond acceptors (Lipinski definition) is 7. The monoisotopic (exact) mass is 581 g/mol. The number of para-hydroxylation sites is 1. The van der Waals surface area contributed by atoms with Gasteiger partial charge in [-0.15, -0.1) is 5.10 Å². The zero-order chi connectivity index (χ0) is 27.2. The van der Waals surface area contributed by atoms with Gasteiger partial charge in [0.15, 0.2) is 5.78 Å². The van der Waals surface area contributed by atoms with Crippen molar-refractivity contribution in [3.8, 4) is 5.69 Å². The number of nitrogens with one attached hydrogen (secondary N) is 2. The average molecular weight is 582 g/mol. The molecule has 1 fully saturated rings. The predicted octanol–water partition coefficient (Wildman–Crippen LogP) is 3.01. The molecule has 1 saturated carbocycles. The van der Waals surface area contributed by atoms with Crippen LogP contribution < -0.4 is 10.6 Å². The Balaban J connectivity index is 1.26. The van der Waals surface area contributed by atoms with Gasteiger partial charge in [0.1, 0.15) is 5.69 Å². The second-order valence-corrected chi connectivity index (χ2v) is 10.1. The third-order valence-corrected chi connectivity index (χ3v) is 6.93. The number of aromatic nitrogens is 4. The summed E-state index contributed by atoms with van der Waals surface area (Å²) < 4.78 is 2.17. The highest BCUT2D eigenvalue weighted by Crippen LogP contribution is 2.29. The number of benzene rings is 1. The highest BCUT2D eigenvalue weighted by atomic mass is 79.9. The number of Topliss-reactive ketones (excluding diaryl/α,β-unsaturated/α-hetero) is 1. The molecular weight excluding hydrogens is 554 g/mol. The molecule has 4 rings (SSSR count). The number of likely N-dealkylation sites (N-methyl/N-ethyl adjacent to an activating group) is 1. The maximum atomic E-state index is 12.8. The first-order valence-electron chi connectivity index (χ1n) is 12.3. The van der Waals surface area contributed by atoms with Crippen LogP contribution in [0.15, 0.2) is 53.4 Å². The zero-order valence-electron chi connectivity index (χ0n) is 21.1. The highest BCUT2D eigenvalue weighted by Gasteiger charge is 2.37. The lowest BCUT2D eigenvalue weighted by Crippen LogP contribution is -2.50. The molecule has 2 N–H and O–H groups in total. The van der Waals surface area contributed by atoms with Gasteiger partial charge in [0.2, 0.25) is 11.8 Å². The fourth-order valence-electron chi connectivity index (χ4n) is 4.11. The van der Waals surface area contributed by atoms with Gasteiger partial charge in [-0.2, -0.15) is 0 Å². The molecule has 3 amide bonds. The lowest BCUT2D eigenvalue weighted by atomic mass is 9.79. The van der Waals surface area contributed by atoms with Crippen molar-refractivity contribution in [2.45, 2.75) is 38.6 Å². The van der Waals surface area contributed by atoms with Gasteiger partial charge in [0.25, 0.3) is 5.91 Å². The Kier molecular flexibility index (Phi) is 8.62. The van der Waals surface area contributed by atoms with Gasteiger partial charge in [0.05, 0.1) is 35.9 Å². The molecule has 0 unspecified atom stereocenters. The summed E-state index contributed by atoms with van der Waals surface area (Å²) in [4.78, 5) is 55.4. The van der Waals surface area contributed by atoms with Crippen LogP contribution in [0.5, 0.6) is 0 Å². The van der Waals surface area contributed by atoms with Crippen LogP contribution in [0.4, 0.5) is 5.69 Å². The molecule has 0 spiro atoms. The number of hydrogen-bond donors (Lipinski definition) is 2. The average Bonchev–Trinajstić information content (AvgIpc) is 3.38. The van der Waals surface area contributed by atoms with Gasteiger partial charge in [0, 0.05) is 36.1 Å². The van der Waals surface area contributed by atoms with E-state index in [1.165, 1.54) is 28.2 Å². The van der Waals surface area contributed by atoms with E-state index in [4.69, 9.17) is 0 Å². The van der Waals surface area contributed by atoms with E-state index in [1.54, 1.807) is 19.2 Å². The van der Waals surface area contributed by atoms with Crippen LogP contribution in [0.2, 0.25) is 0 Å². The minimum Gasteiger partial charge on any atom is -0.349 e.